The summed E-state index contributed by atoms with van der Waals surface area (Å²) >= 11 is 0. The first-order valence-corrected chi connectivity index (χ1v) is 8.57. The molecule has 2 aliphatic rings. The van der Waals surface area contributed by atoms with E-state index < -0.39 is 5.60 Å². The number of ether oxygens (including phenoxy) is 1. The molecule has 0 aromatic carbocycles. The zero-order valence-electron chi connectivity index (χ0n) is 15.1. The van der Waals surface area contributed by atoms with Crippen LogP contribution in [0.4, 0.5) is 4.79 Å². The van der Waals surface area contributed by atoms with Gasteiger partial charge in [-0.2, -0.15) is 0 Å². The summed E-state index contributed by atoms with van der Waals surface area (Å²) in [4.78, 5) is 28.2. The van der Waals surface area contributed by atoms with Crippen LogP contribution in [0.1, 0.15) is 47.5 Å². The number of allylic oxidation sites excluding steroid dienone is 1. The fraction of sp³-hybridized carbons (Fsp3) is 0.778. The van der Waals surface area contributed by atoms with Crippen molar-refractivity contribution >= 4 is 12.0 Å². The van der Waals surface area contributed by atoms with Gasteiger partial charge in [0.25, 0.3) is 0 Å². The Balaban J connectivity index is 1.91. The van der Waals surface area contributed by atoms with Gasteiger partial charge >= 0.3 is 6.09 Å². The van der Waals surface area contributed by atoms with E-state index in [1.807, 2.05) is 44.4 Å². The largest absolute Gasteiger partial charge is 0.444 e. The second-order valence-corrected chi connectivity index (χ2v) is 8.03. The van der Waals surface area contributed by atoms with E-state index in [4.69, 9.17) is 4.74 Å². The van der Waals surface area contributed by atoms with Crippen LogP contribution in [0.2, 0.25) is 0 Å². The van der Waals surface area contributed by atoms with Gasteiger partial charge in [0.05, 0.1) is 0 Å². The molecule has 0 radical (unpaired) electrons. The number of fused-ring (bicyclic) bond motifs is 1. The topological polar surface area (TPSA) is 49.9 Å². The molecule has 0 N–H and O–H groups in total. The third kappa shape index (κ3) is 4.98. The van der Waals surface area contributed by atoms with Gasteiger partial charge < -0.3 is 14.5 Å². The Morgan fingerprint density at radius 3 is 1.96 bits per heavy atom. The summed E-state index contributed by atoms with van der Waals surface area (Å²) in [6.07, 6.45) is 3.44. The summed E-state index contributed by atoms with van der Waals surface area (Å²) in [7, 11) is 0. The van der Waals surface area contributed by atoms with E-state index in [-0.39, 0.29) is 12.0 Å². The second-order valence-electron chi connectivity index (χ2n) is 8.03. The first-order valence-electron chi connectivity index (χ1n) is 8.57. The summed E-state index contributed by atoms with van der Waals surface area (Å²) < 4.78 is 5.48. The summed E-state index contributed by atoms with van der Waals surface area (Å²) in [6, 6.07) is 0. The molecule has 0 unspecified atom stereocenters. The molecule has 5 nitrogen and oxygen atoms in total. The monoisotopic (exact) mass is 322 g/mol. The van der Waals surface area contributed by atoms with Crippen LogP contribution in [0, 0.1) is 11.8 Å². The summed E-state index contributed by atoms with van der Waals surface area (Å²) in [5.41, 5.74) is 0.588. The molecule has 130 valence electrons. The van der Waals surface area contributed by atoms with Gasteiger partial charge in [0.15, 0.2) is 0 Å². The second kappa shape index (κ2) is 6.93. The predicted molar refractivity (Wildman–Crippen MR) is 90.0 cm³/mol. The molecule has 2 rings (SSSR count). The van der Waals surface area contributed by atoms with E-state index >= 15 is 0 Å². The molecule has 23 heavy (non-hydrogen) atoms. The van der Waals surface area contributed by atoms with E-state index in [1.54, 1.807) is 6.08 Å². The van der Waals surface area contributed by atoms with Crippen LogP contribution in [0.3, 0.4) is 0 Å². The van der Waals surface area contributed by atoms with Gasteiger partial charge in [0.2, 0.25) is 5.91 Å². The number of rotatable bonds is 1. The highest BCUT2D eigenvalue weighted by Crippen LogP contribution is 2.32. The Kier molecular flexibility index (Phi) is 5.37. The Hall–Kier alpha value is -1.52. The van der Waals surface area contributed by atoms with Crippen molar-refractivity contribution < 1.29 is 14.3 Å². The number of likely N-dealkylation sites (tertiary alicyclic amines) is 2. The fourth-order valence-electron chi connectivity index (χ4n) is 3.38. The standard InChI is InChI=1S/C18H30N2O3/c1-13(2)10-16(21)19-8-6-14-11-20(12-15(14)7-9-19)17(22)23-18(3,4)5/h10,14-15H,6-9,11-12H2,1-5H3/t14-,15+. The minimum Gasteiger partial charge on any atom is -0.444 e. The minimum absolute atomic E-state index is 0.119. The van der Waals surface area contributed by atoms with E-state index in [0.717, 1.165) is 44.6 Å². The normalized spacial score (nSPS) is 24.7. The molecule has 0 aromatic rings. The number of carbonyl (C=O) groups is 2. The van der Waals surface area contributed by atoms with Gasteiger partial charge in [-0.1, -0.05) is 5.57 Å². The van der Waals surface area contributed by atoms with E-state index in [9.17, 15) is 9.59 Å². The van der Waals surface area contributed by atoms with Crippen molar-refractivity contribution in [2.75, 3.05) is 26.2 Å². The summed E-state index contributed by atoms with van der Waals surface area (Å²) in [5, 5.41) is 0. The lowest BCUT2D eigenvalue weighted by Crippen LogP contribution is -2.36. The maximum absolute atomic E-state index is 12.2. The predicted octanol–water partition coefficient (Wildman–Crippen LogP) is 3.06. The molecule has 2 saturated heterocycles. The van der Waals surface area contributed by atoms with Crippen LogP contribution in [-0.4, -0.2) is 53.6 Å². The number of hydrogen-bond acceptors (Lipinski definition) is 3. The SMILES string of the molecule is CC(C)=CC(=O)N1CC[C@@H]2CN(C(=O)OC(C)(C)C)C[C@@H]2CC1. The zero-order valence-corrected chi connectivity index (χ0v) is 15.1. The van der Waals surface area contributed by atoms with Crippen molar-refractivity contribution in [2.24, 2.45) is 11.8 Å². The summed E-state index contributed by atoms with van der Waals surface area (Å²) in [6.45, 7) is 12.7. The Bertz CT molecular complexity index is 473. The molecule has 5 heteroatoms. The minimum atomic E-state index is -0.449. The molecular formula is C18H30N2O3. The van der Waals surface area contributed by atoms with Gasteiger partial charge in [-0.05, 0) is 59.3 Å². The van der Waals surface area contributed by atoms with Gasteiger partial charge in [-0.3, -0.25) is 4.79 Å². The molecule has 2 amide bonds. The third-order valence-corrected chi connectivity index (χ3v) is 4.49. The van der Waals surface area contributed by atoms with E-state index in [2.05, 4.69) is 0 Å². The van der Waals surface area contributed by atoms with Crippen molar-refractivity contribution in [1.29, 1.82) is 0 Å². The smallest absolute Gasteiger partial charge is 0.410 e. The molecule has 2 fully saturated rings. The van der Waals surface area contributed by atoms with Gasteiger partial charge in [0.1, 0.15) is 5.60 Å². The van der Waals surface area contributed by atoms with Crippen LogP contribution in [-0.2, 0) is 9.53 Å². The number of nitrogens with zero attached hydrogens (tertiary/aromatic N) is 2. The quantitative estimate of drug-likeness (QED) is 0.697. The van der Waals surface area contributed by atoms with Gasteiger partial charge in [-0.15, -0.1) is 0 Å². The van der Waals surface area contributed by atoms with Crippen LogP contribution in [0.25, 0.3) is 0 Å². The van der Waals surface area contributed by atoms with E-state index in [1.165, 1.54) is 0 Å². The molecule has 2 aliphatic heterocycles. The van der Waals surface area contributed by atoms with Crippen molar-refractivity contribution in [3.63, 3.8) is 0 Å². The van der Waals surface area contributed by atoms with Crippen LogP contribution in [0.15, 0.2) is 11.6 Å². The lowest BCUT2D eigenvalue weighted by Gasteiger charge is -2.25. The number of amides is 2. The number of carbonyl (C=O) groups excluding carboxylic acids is 2. The Morgan fingerprint density at radius 1 is 1.00 bits per heavy atom. The third-order valence-electron chi connectivity index (χ3n) is 4.49. The first kappa shape index (κ1) is 17.8. The fourth-order valence-corrected chi connectivity index (χ4v) is 3.38. The van der Waals surface area contributed by atoms with Gasteiger partial charge in [0, 0.05) is 32.3 Å². The van der Waals surface area contributed by atoms with Crippen molar-refractivity contribution in [3.05, 3.63) is 11.6 Å². The van der Waals surface area contributed by atoms with Crippen molar-refractivity contribution in [2.45, 2.75) is 53.1 Å². The molecular weight excluding hydrogens is 292 g/mol. The molecule has 0 bridgehead atoms. The van der Waals surface area contributed by atoms with Crippen LogP contribution < -0.4 is 0 Å². The highest BCUT2D eigenvalue weighted by Gasteiger charge is 2.38. The highest BCUT2D eigenvalue weighted by atomic mass is 16.6. The average molecular weight is 322 g/mol. The molecule has 0 spiro atoms. The van der Waals surface area contributed by atoms with Crippen molar-refractivity contribution in [3.8, 4) is 0 Å². The maximum atomic E-state index is 12.2. The summed E-state index contributed by atoms with van der Waals surface area (Å²) in [5.74, 6) is 1.08. The zero-order chi connectivity index (χ0) is 17.2. The van der Waals surface area contributed by atoms with Crippen LogP contribution >= 0.6 is 0 Å². The maximum Gasteiger partial charge on any atom is 0.410 e. The molecule has 2 heterocycles. The molecule has 0 aromatic heterocycles. The van der Waals surface area contributed by atoms with Crippen LogP contribution in [0.5, 0.6) is 0 Å². The molecule has 2 atom stereocenters. The number of hydrogen-bond donors (Lipinski definition) is 0. The average Bonchev–Trinajstić information content (AvgIpc) is 2.70. The van der Waals surface area contributed by atoms with Crippen molar-refractivity contribution in [1.82, 2.24) is 9.80 Å². The molecule has 0 saturated carbocycles. The van der Waals surface area contributed by atoms with Gasteiger partial charge in [-0.25, -0.2) is 4.79 Å². The Labute approximate surface area is 139 Å². The molecule has 0 aliphatic carbocycles. The highest BCUT2D eigenvalue weighted by molar-refractivity contribution is 5.88. The lowest BCUT2D eigenvalue weighted by atomic mass is 9.92. The lowest BCUT2D eigenvalue weighted by molar-refractivity contribution is -0.126. The van der Waals surface area contributed by atoms with E-state index in [0.29, 0.717) is 11.8 Å². The Morgan fingerprint density at radius 2 is 1.52 bits per heavy atom. The first-order chi connectivity index (χ1) is 10.7.